The fourth-order valence-corrected chi connectivity index (χ4v) is 0.786. The fraction of sp³-hybridized carbons (Fsp3) is 0.429. The van der Waals surface area contributed by atoms with Crippen molar-refractivity contribution in [2.75, 3.05) is 0 Å². The molecule has 0 spiro atoms. The molecule has 0 saturated carbocycles. The number of nitrogens with zero attached hydrogens (tertiary/aromatic N) is 2. The maximum Gasteiger partial charge on any atom is 0.239 e. The first kappa shape index (κ1) is 7.78. The molecule has 0 atom stereocenters. The van der Waals surface area contributed by atoms with Gasteiger partial charge in [-0.3, -0.25) is 9.48 Å². The molecule has 0 aliphatic rings. The highest BCUT2D eigenvalue weighted by Gasteiger charge is 2.03. The third kappa shape index (κ3) is 1.58. The van der Waals surface area contributed by atoms with Crippen LogP contribution in [0.3, 0.4) is 0 Å². The van der Waals surface area contributed by atoms with Crippen LogP contribution in [-0.2, 0) is 11.3 Å². The number of primary amides is 1. The molecule has 0 aromatic carbocycles. The summed E-state index contributed by atoms with van der Waals surface area (Å²) in [6, 6.07) is 0. The average Bonchev–Trinajstić information content (AvgIpc) is 2.18. The standard InChI is InChI=1S/C7H10N3O/c1-5-3-9-10(6(5)2)4-7(8)11/h4H2,1-2H3,(H2,8,11). The highest BCUT2D eigenvalue weighted by molar-refractivity contribution is 5.73. The van der Waals surface area contributed by atoms with E-state index in [-0.39, 0.29) is 12.5 Å². The molecule has 0 saturated heterocycles. The minimum Gasteiger partial charge on any atom is -0.368 e. The minimum absolute atomic E-state index is 0.135. The number of rotatable bonds is 2. The monoisotopic (exact) mass is 152 g/mol. The Morgan fingerprint density at radius 3 is 2.73 bits per heavy atom. The summed E-state index contributed by atoms with van der Waals surface area (Å²) in [5.41, 5.74) is 6.87. The van der Waals surface area contributed by atoms with Gasteiger partial charge in [-0.1, -0.05) is 0 Å². The van der Waals surface area contributed by atoms with Crippen LogP contribution >= 0.6 is 0 Å². The van der Waals surface area contributed by atoms with E-state index in [1.165, 1.54) is 4.68 Å². The first-order valence-electron chi connectivity index (χ1n) is 3.31. The number of carbonyl (C=O) groups excluding carboxylic acids is 1. The molecule has 1 heterocycles. The van der Waals surface area contributed by atoms with E-state index in [0.29, 0.717) is 0 Å². The molecular weight excluding hydrogens is 142 g/mol. The SMILES string of the molecule is Cc1[c]nn(CC(N)=O)c1C. The molecule has 1 radical (unpaired) electrons. The fourth-order valence-electron chi connectivity index (χ4n) is 0.786. The van der Waals surface area contributed by atoms with E-state index in [1.54, 1.807) is 0 Å². The zero-order chi connectivity index (χ0) is 8.43. The molecule has 1 amide bonds. The molecule has 1 aromatic heterocycles. The molecular formula is C7H10N3O. The smallest absolute Gasteiger partial charge is 0.239 e. The van der Waals surface area contributed by atoms with Crippen molar-refractivity contribution in [1.82, 2.24) is 9.78 Å². The van der Waals surface area contributed by atoms with Crippen LogP contribution in [0.4, 0.5) is 0 Å². The van der Waals surface area contributed by atoms with Crippen molar-refractivity contribution in [3.8, 4) is 0 Å². The van der Waals surface area contributed by atoms with Crippen LogP contribution < -0.4 is 5.73 Å². The first-order chi connectivity index (χ1) is 5.11. The van der Waals surface area contributed by atoms with Crippen molar-refractivity contribution in [3.05, 3.63) is 17.5 Å². The largest absolute Gasteiger partial charge is 0.368 e. The van der Waals surface area contributed by atoms with Gasteiger partial charge in [0.2, 0.25) is 5.91 Å². The van der Waals surface area contributed by atoms with E-state index in [4.69, 9.17) is 5.73 Å². The molecule has 59 valence electrons. The topological polar surface area (TPSA) is 60.9 Å². The molecule has 0 aliphatic carbocycles. The van der Waals surface area contributed by atoms with Gasteiger partial charge in [-0.05, 0) is 19.4 Å². The molecule has 11 heavy (non-hydrogen) atoms. The second kappa shape index (κ2) is 2.74. The molecule has 0 unspecified atom stereocenters. The van der Waals surface area contributed by atoms with Gasteiger partial charge in [0.25, 0.3) is 0 Å². The number of aryl methyl sites for hydroxylation is 1. The van der Waals surface area contributed by atoms with Crippen LogP contribution in [0, 0.1) is 20.0 Å². The van der Waals surface area contributed by atoms with E-state index in [9.17, 15) is 4.79 Å². The lowest BCUT2D eigenvalue weighted by molar-refractivity contribution is -0.118. The van der Waals surface area contributed by atoms with Gasteiger partial charge in [-0.2, -0.15) is 5.10 Å². The van der Waals surface area contributed by atoms with E-state index in [1.807, 2.05) is 13.8 Å². The van der Waals surface area contributed by atoms with Gasteiger partial charge < -0.3 is 5.73 Å². The Balaban J connectivity index is 2.87. The van der Waals surface area contributed by atoms with Gasteiger partial charge in [-0.25, -0.2) is 0 Å². The average molecular weight is 152 g/mol. The third-order valence-corrected chi connectivity index (χ3v) is 1.57. The second-order valence-corrected chi connectivity index (χ2v) is 2.45. The van der Waals surface area contributed by atoms with Gasteiger partial charge in [0.15, 0.2) is 0 Å². The summed E-state index contributed by atoms with van der Waals surface area (Å²) in [5.74, 6) is -0.385. The molecule has 4 heteroatoms. The summed E-state index contributed by atoms with van der Waals surface area (Å²) in [6.45, 7) is 3.90. The lowest BCUT2D eigenvalue weighted by Gasteiger charge is -1.99. The van der Waals surface area contributed by atoms with E-state index >= 15 is 0 Å². The van der Waals surface area contributed by atoms with Crippen LogP contribution in [-0.4, -0.2) is 15.7 Å². The summed E-state index contributed by atoms with van der Waals surface area (Å²) in [4.78, 5) is 10.5. The second-order valence-electron chi connectivity index (χ2n) is 2.45. The number of hydrogen-bond donors (Lipinski definition) is 1. The van der Waals surface area contributed by atoms with Crippen molar-refractivity contribution in [1.29, 1.82) is 0 Å². The normalized spacial score (nSPS) is 10.0. The van der Waals surface area contributed by atoms with E-state index in [0.717, 1.165) is 11.3 Å². The van der Waals surface area contributed by atoms with Crippen molar-refractivity contribution in [2.24, 2.45) is 5.73 Å². The highest BCUT2D eigenvalue weighted by Crippen LogP contribution is 2.02. The number of nitrogens with two attached hydrogens (primary N) is 1. The Bertz CT molecular complexity index is 277. The highest BCUT2D eigenvalue weighted by atomic mass is 16.1. The Morgan fingerprint density at radius 2 is 2.36 bits per heavy atom. The van der Waals surface area contributed by atoms with Gasteiger partial charge in [0, 0.05) is 5.69 Å². The lowest BCUT2D eigenvalue weighted by atomic mass is 10.3. The van der Waals surface area contributed by atoms with Crippen molar-refractivity contribution >= 4 is 5.91 Å². The van der Waals surface area contributed by atoms with Gasteiger partial charge in [-0.15, -0.1) is 0 Å². The maximum atomic E-state index is 10.5. The molecule has 4 nitrogen and oxygen atoms in total. The zero-order valence-corrected chi connectivity index (χ0v) is 6.59. The van der Waals surface area contributed by atoms with Gasteiger partial charge in [0.05, 0.1) is 0 Å². The van der Waals surface area contributed by atoms with Crippen molar-refractivity contribution in [3.63, 3.8) is 0 Å². The van der Waals surface area contributed by atoms with E-state index in [2.05, 4.69) is 11.3 Å². The quantitative estimate of drug-likeness (QED) is 0.637. The maximum absolute atomic E-state index is 10.5. The van der Waals surface area contributed by atoms with Crippen LogP contribution in [0.25, 0.3) is 0 Å². The van der Waals surface area contributed by atoms with Crippen molar-refractivity contribution in [2.45, 2.75) is 20.4 Å². The number of aromatic nitrogens is 2. The zero-order valence-electron chi connectivity index (χ0n) is 6.59. The van der Waals surface area contributed by atoms with Crippen LogP contribution in [0.2, 0.25) is 0 Å². The predicted molar refractivity (Wildman–Crippen MR) is 39.7 cm³/mol. The van der Waals surface area contributed by atoms with Crippen molar-refractivity contribution < 1.29 is 4.79 Å². The van der Waals surface area contributed by atoms with Crippen LogP contribution in [0.1, 0.15) is 11.3 Å². The summed E-state index contributed by atoms with van der Waals surface area (Å²) in [5, 5.41) is 3.85. The molecule has 1 rings (SSSR count). The third-order valence-electron chi connectivity index (χ3n) is 1.57. The van der Waals surface area contributed by atoms with Crippen LogP contribution in [0.15, 0.2) is 0 Å². The summed E-state index contributed by atoms with van der Waals surface area (Å²) in [6.07, 6.45) is 2.75. The Labute approximate surface area is 65.0 Å². The number of carbonyl (C=O) groups is 1. The summed E-state index contributed by atoms with van der Waals surface area (Å²) < 4.78 is 1.54. The number of amides is 1. The van der Waals surface area contributed by atoms with Crippen LogP contribution in [0.5, 0.6) is 0 Å². The Hall–Kier alpha value is -1.32. The summed E-state index contributed by atoms with van der Waals surface area (Å²) >= 11 is 0. The molecule has 2 N–H and O–H groups in total. The Kier molecular flexibility index (Phi) is 1.94. The Morgan fingerprint density at radius 1 is 1.73 bits per heavy atom. The molecule has 1 aromatic rings. The lowest BCUT2D eigenvalue weighted by Crippen LogP contribution is -2.20. The van der Waals surface area contributed by atoms with Gasteiger partial charge >= 0.3 is 0 Å². The molecule has 0 aliphatic heterocycles. The minimum atomic E-state index is -0.385. The van der Waals surface area contributed by atoms with E-state index < -0.39 is 0 Å². The molecule has 0 bridgehead atoms. The van der Waals surface area contributed by atoms with Gasteiger partial charge in [0.1, 0.15) is 12.7 Å². The molecule has 0 fully saturated rings. The first-order valence-corrected chi connectivity index (χ1v) is 3.31. The predicted octanol–water partition coefficient (Wildman–Crippen LogP) is -0.215. The summed E-state index contributed by atoms with van der Waals surface area (Å²) in [7, 11) is 0. The number of hydrogen-bond acceptors (Lipinski definition) is 2.